The molecule has 0 saturated carbocycles. The van der Waals surface area contributed by atoms with Crippen LogP contribution in [0.15, 0.2) is 77.7 Å². The molecule has 1 amide bonds. The Morgan fingerprint density at radius 1 is 0.926 bits per heavy atom. The number of carbonyl (C=O) groups is 1. The fourth-order valence-electron chi connectivity index (χ4n) is 2.34. The number of hydrogen-bond acceptors (Lipinski definition) is 4. The van der Waals surface area contributed by atoms with Crippen molar-refractivity contribution in [3.05, 3.63) is 83.4 Å². The van der Waals surface area contributed by atoms with Gasteiger partial charge in [0.15, 0.2) is 0 Å². The molecular formula is C19H15ClN2O4S. The maximum atomic E-state index is 12.6. The molecule has 6 nitrogen and oxygen atoms in total. The SMILES string of the molecule is O=C(Nc1ccccc1O)c1cccc(S(=O)(=O)Nc2cccc(Cl)c2)c1. The third-order valence-electron chi connectivity index (χ3n) is 3.64. The van der Waals surface area contributed by atoms with Crippen LogP contribution >= 0.6 is 11.6 Å². The van der Waals surface area contributed by atoms with Crippen LogP contribution in [0.5, 0.6) is 5.75 Å². The van der Waals surface area contributed by atoms with Crippen LogP contribution < -0.4 is 10.0 Å². The Labute approximate surface area is 161 Å². The summed E-state index contributed by atoms with van der Waals surface area (Å²) < 4.78 is 27.6. The highest BCUT2D eigenvalue weighted by Gasteiger charge is 2.17. The van der Waals surface area contributed by atoms with Crippen LogP contribution in [-0.4, -0.2) is 19.4 Å². The molecule has 3 rings (SSSR count). The number of benzene rings is 3. The summed E-state index contributed by atoms with van der Waals surface area (Å²) in [5.74, 6) is -0.631. The predicted octanol–water partition coefficient (Wildman–Crippen LogP) is 4.10. The molecule has 3 aromatic carbocycles. The number of nitrogens with one attached hydrogen (secondary N) is 2. The molecule has 0 fully saturated rings. The van der Waals surface area contributed by atoms with Gasteiger partial charge in [0.1, 0.15) is 5.75 Å². The first kappa shape index (κ1) is 18.8. The summed E-state index contributed by atoms with van der Waals surface area (Å²) in [5, 5.41) is 12.7. The molecule has 0 radical (unpaired) electrons. The van der Waals surface area contributed by atoms with Gasteiger partial charge < -0.3 is 10.4 Å². The van der Waals surface area contributed by atoms with Crippen molar-refractivity contribution in [3.8, 4) is 5.75 Å². The van der Waals surface area contributed by atoms with E-state index in [9.17, 15) is 18.3 Å². The van der Waals surface area contributed by atoms with Crippen LogP contribution in [0.2, 0.25) is 5.02 Å². The Morgan fingerprint density at radius 3 is 2.41 bits per heavy atom. The number of rotatable bonds is 5. The van der Waals surface area contributed by atoms with Gasteiger partial charge in [-0.15, -0.1) is 0 Å². The van der Waals surface area contributed by atoms with Crippen molar-refractivity contribution in [2.75, 3.05) is 10.0 Å². The molecule has 0 spiro atoms. The van der Waals surface area contributed by atoms with Crippen LogP contribution in [-0.2, 0) is 10.0 Å². The number of amides is 1. The van der Waals surface area contributed by atoms with E-state index in [0.29, 0.717) is 10.7 Å². The highest BCUT2D eigenvalue weighted by atomic mass is 35.5. The normalized spacial score (nSPS) is 11.0. The van der Waals surface area contributed by atoms with Gasteiger partial charge in [-0.2, -0.15) is 0 Å². The van der Waals surface area contributed by atoms with Crippen molar-refractivity contribution < 1.29 is 18.3 Å². The van der Waals surface area contributed by atoms with Crippen molar-refractivity contribution in [1.82, 2.24) is 0 Å². The lowest BCUT2D eigenvalue weighted by molar-refractivity contribution is 0.102. The largest absolute Gasteiger partial charge is 0.506 e. The molecule has 0 aliphatic heterocycles. The summed E-state index contributed by atoms with van der Waals surface area (Å²) in [6.45, 7) is 0. The molecule has 8 heteroatoms. The van der Waals surface area contributed by atoms with E-state index in [2.05, 4.69) is 10.0 Å². The van der Waals surface area contributed by atoms with E-state index < -0.39 is 15.9 Å². The minimum absolute atomic E-state index is 0.0765. The lowest BCUT2D eigenvalue weighted by Crippen LogP contribution is -2.16. The highest BCUT2D eigenvalue weighted by molar-refractivity contribution is 7.92. The van der Waals surface area contributed by atoms with E-state index in [-0.39, 0.29) is 21.9 Å². The molecule has 0 unspecified atom stereocenters. The Kier molecular flexibility index (Phi) is 5.34. The molecule has 0 bridgehead atoms. The molecule has 27 heavy (non-hydrogen) atoms. The lowest BCUT2D eigenvalue weighted by atomic mass is 10.2. The number of hydrogen-bond donors (Lipinski definition) is 3. The molecule has 0 aliphatic rings. The molecule has 3 N–H and O–H groups in total. The molecule has 0 aromatic heterocycles. The van der Waals surface area contributed by atoms with Crippen molar-refractivity contribution in [1.29, 1.82) is 0 Å². The zero-order valence-electron chi connectivity index (χ0n) is 13.9. The minimum atomic E-state index is -3.91. The van der Waals surface area contributed by atoms with Gasteiger partial charge in [-0.1, -0.05) is 35.9 Å². The van der Waals surface area contributed by atoms with Gasteiger partial charge in [0.2, 0.25) is 0 Å². The standard InChI is InChI=1S/C19H15ClN2O4S/c20-14-6-4-7-15(12-14)22-27(25,26)16-8-3-5-13(11-16)19(24)21-17-9-1-2-10-18(17)23/h1-12,22-23H,(H,21,24). The summed E-state index contributed by atoms with van der Waals surface area (Å²) in [7, 11) is -3.91. The Hall–Kier alpha value is -3.03. The molecular weight excluding hydrogens is 388 g/mol. The Balaban J connectivity index is 1.84. The van der Waals surface area contributed by atoms with E-state index in [0.717, 1.165) is 0 Å². The second kappa shape index (κ2) is 7.69. The van der Waals surface area contributed by atoms with Gasteiger partial charge in [0.05, 0.1) is 16.3 Å². The summed E-state index contributed by atoms with van der Waals surface area (Å²) in [5.41, 5.74) is 0.673. The zero-order valence-corrected chi connectivity index (χ0v) is 15.5. The van der Waals surface area contributed by atoms with E-state index >= 15 is 0 Å². The first-order valence-electron chi connectivity index (χ1n) is 7.83. The fourth-order valence-corrected chi connectivity index (χ4v) is 3.63. The Bertz CT molecular complexity index is 1100. The first-order chi connectivity index (χ1) is 12.8. The summed E-state index contributed by atoms with van der Waals surface area (Å²) >= 11 is 5.87. The van der Waals surface area contributed by atoms with Crippen LogP contribution in [0, 0.1) is 0 Å². The van der Waals surface area contributed by atoms with E-state index in [4.69, 9.17) is 11.6 Å². The van der Waals surface area contributed by atoms with Gasteiger partial charge in [-0.3, -0.25) is 9.52 Å². The van der Waals surface area contributed by atoms with E-state index in [1.807, 2.05) is 0 Å². The second-order valence-corrected chi connectivity index (χ2v) is 7.73. The maximum absolute atomic E-state index is 12.6. The number of para-hydroxylation sites is 2. The lowest BCUT2D eigenvalue weighted by Gasteiger charge is -2.10. The first-order valence-corrected chi connectivity index (χ1v) is 9.69. The summed E-state index contributed by atoms with van der Waals surface area (Å²) in [6, 6.07) is 18.1. The Morgan fingerprint density at radius 2 is 1.67 bits per heavy atom. The summed E-state index contributed by atoms with van der Waals surface area (Å²) in [4.78, 5) is 12.3. The van der Waals surface area contributed by atoms with Gasteiger partial charge in [0.25, 0.3) is 15.9 Å². The molecule has 0 heterocycles. The quantitative estimate of drug-likeness (QED) is 0.560. The average Bonchev–Trinajstić information content (AvgIpc) is 2.63. The van der Waals surface area contributed by atoms with Crippen molar-refractivity contribution >= 4 is 38.9 Å². The highest BCUT2D eigenvalue weighted by Crippen LogP contribution is 2.23. The molecule has 3 aromatic rings. The predicted molar refractivity (Wildman–Crippen MR) is 105 cm³/mol. The maximum Gasteiger partial charge on any atom is 0.261 e. The fraction of sp³-hybridized carbons (Fsp3) is 0. The van der Waals surface area contributed by atoms with Gasteiger partial charge >= 0.3 is 0 Å². The number of aromatic hydroxyl groups is 1. The van der Waals surface area contributed by atoms with E-state index in [1.165, 1.54) is 42.5 Å². The molecule has 0 atom stereocenters. The number of sulfonamides is 1. The van der Waals surface area contributed by atoms with Gasteiger partial charge in [-0.05, 0) is 48.5 Å². The number of carbonyl (C=O) groups excluding carboxylic acids is 1. The number of anilines is 2. The van der Waals surface area contributed by atoms with Crippen LogP contribution in [0.3, 0.4) is 0 Å². The zero-order chi connectivity index (χ0) is 19.4. The van der Waals surface area contributed by atoms with Crippen LogP contribution in [0.25, 0.3) is 0 Å². The summed E-state index contributed by atoms with van der Waals surface area (Å²) in [6.07, 6.45) is 0. The van der Waals surface area contributed by atoms with Crippen LogP contribution in [0.4, 0.5) is 11.4 Å². The smallest absolute Gasteiger partial charge is 0.261 e. The molecule has 138 valence electrons. The molecule has 0 saturated heterocycles. The van der Waals surface area contributed by atoms with Crippen molar-refractivity contribution in [3.63, 3.8) is 0 Å². The molecule has 0 aliphatic carbocycles. The third-order valence-corrected chi connectivity index (χ3v) is 5.25. The topological polar surface area (TPSA) is 95.5 Å². The number of phenolic OH excluding ortho intramolecular Hbond substituents is 1. The van der Waals surface area contributed by atoms with E-state index in [1.54, 1.807) is 30.3 Å². The third kappa shape index (κ3) is 4.58. The average molecular weight is 403 g/mol. The van der Waals surface area contributed by atoms with Crippen LogP contribution in [0.1, 0.15) is 10.4 Å². The monoisotopic (exact) mass is 402 g/mol. The van der Waals surface area contributed by atoms with Gasteiger partial charge in [-0.25, -0.2) is 8.42 Å². The number of phenols is 1. The second-order valence-electron chi connectivity index (χ2n) is 5.61. The minimum Gasteiger partial charge on any atom is -0.506 e. The van der Waals surface area contributed by atoms with Gasteiger partial charge in [0, 0.05) is 10.6 Å². The van der Waals surface area contributed by atoms with Crippen molar-refractivity contribution in [2.24, 2.45) is 0 Å². The van der Waals surface area contributed by atoms with Crippen molar-refractivity contribution in [2.45, 2.75) is 4.90 Å². The number of halogens is 1.